The molecule has 1 N–H and O–H groups in total. The van der Waals surface area contributed by atoms with Gasteiger partial charge in [0.15, 0.2) is 0 Å². The molecule has 2 atom stereocenters. The summed E-state index contributed by atoms with van der Waals surface area (Å²) >= 11 is 0. The molecule has 1 aliphatic rings. The maximum Gasteiger partial charge on any atom is 0.307 e. The molecule has 1 fully saturated rings. The minimum Gasteiger partial charge on any atom is -0.481 e. The maximum atomic E-state index is 12.1. The van der Waals surface area contributed by atoms with E-state index in [1.165, 1.54) is 4.90 Å². The number of carboxylic acid groups (broad SMARTS) is 1. The van der Waals surface area contributed by atoms with Gasteiger partial charge in [-0.1, -0.05) is 0 Å². The average molecular weight is 271 g/mol. The van der Waals surface area contributed by atoms with Gasteiger partial charge in [-0.2, -0.15) is 0 Å². The number of nitrogens with zero attached hydrogens (tertiary/aromatic N) is 1. The van der Waals surface area contributed by atoms with Gasteiger partial charge in [-0.15, -0.1) is 0 Å². The van der Waals surface area contributed by atoms with Crippen molar-refractivity contribution in [2.75, 3.05) is 20.2 Å². The molecule has 19 heavy (non-hydrogen) atoms. The average Bonchev–Trinajstić information content (AvgIpc) is 2.85. The van der Waals surface area contributed by atoms with Crippen molar-refractivity contribution in [1.82, 2.24) is 4.90 Å². The molecule has 1 saturated carbocycles. The normalized spacial score (nSPS) is 22.0. The molecule has 108 valence electrons. The number of ether oxygens (including phenoxy) is 1. The molecule has 2 unspecified atom stereocenters. The summed E-state index contributed by atoms with van der Waals surface area (Å²) in [6.07, 6.45) is 1.74. The van der Waals surface area contributed by atoms with Crippen molar-refractivity contribution in [1.29, 1.82) is 0 Å². The van der Waals surface area contributed by atoms with Crippen LogP contribution in [-0.4, -0.2) is 48.1 Å². The van der Waals surface area contributed by atoms with E-state index in [0.717, 1.165) is 0 Å². The van der Waals surface area contributed by atoms with Crippen molar-refractivity contribution in [3.8, 4) is 0 Å². The summed E-state index contributed by atoms with van der Waals surface area (Å²) in [7, 11) is 1.63. The molecule has 0 saturated heterocycles. The van der Waals surface area contributed by atoms with E-state index in [4.69, 9.17) is 9.84 Å². The van der Waals surface area contributed by atoms with E-state index in [2.05, 4.69) is 0 Å². The van der Waals surface area contributed by atoms with Crippen LogP contribution in [0.25, 0.3) is 0 Å². The summed E-state index contributed by atoms with van der Waals surface area (Å²) in [5.74, 6) is -1.87. The highest BCUT2D eigenvalue weighted by Gasteiger charge is 2.35. The fourth-order valence-electron chi connectivity index (χ4n) is 2.34. The fraction of sp³-hybridized carbons (Fsp3) is 0.769. The highest BCUT2D eigenvalue weighted by atomic mass is 16.5. The Kier molecular flexibility index (Phi) is 5.79. The predicted molar refractivity (Wildman–Crippen MR) is 67.4 cm³/mol. The van der Waals surface area contributed by atoms with Crippen LogP contribution in [0.4, 0.5) is 0 Å². The van der Waals surface area contributed by atoms with Crippen molar-refractivity contribution in [2.45, 2.75) is 32.6 Å². The molecule has 0 aromatic heterocycles. The van der Waals surface area contributed by atoms with Crippen molar-refractivity contribution in [2.24, 2.45) is 11.8 Å². The first-order valence-electron chi connectivity index (χ1n) is 6.59. The molecule has 0 aromatic carbocycles. The summed E-state index contributed by atoms with van der Waals surface area (Å²) in [4.78, 5) is 35.6. The Hall–Kier alpha value is -1.59. The van der Waals surface area contributed by atoms with E-state index in [1.807, 2.05) is 0 Å². The summed E-state index contributed by atoms with van der Waals surface area (Å²) in [6.45, 7) is 2.38. The van der Waals surface area contributed by atoms with Crippen LogP contribution in [0.1, 0.15) is 32.6 Å². The van der Waals surface area contributed by atoms with Crippen molar-refractivity contribution in [3.63, 3.8) is 0 Å². The number of carboxylic acids is 1. The number of amides is 1. The van der Waals surface area contributed by atoms with Crippen LogP contribution < -0.4 is 0 Å². The number of hydrogen-bond acceptors (Lipinski definition) is 4. The van der Waals surface area contributed by atoms with Gasteiger partial charge in [0, 0.05) is 19.5 Å². The quantitative estimate of drug-likeness (QED) is 0.726. The highest BCUT2D eigenvalue weighted by Crippen LogP contribution is 2.32. The summed E-state index contributed by atoms with van der Waals surface area (Å²) in [5.41, 5.74) is 0. The topological polar surface area (TPSA) is 83.9 Å². The van der Waals surface area contributed by atoms with Crippen molar-refractivity contribution in [3.05, 3.63) is 0 Å². The molecule has 1 aliphatic carbocycles. The lowest BCUT2D eigenvalue weighted by Gasteiger charge is -2.20. The van der Waals surface area contributed by atoms with Crippen LogP contribution in [0.2, 0.25) is 0 Å². The second kappa shape index (κ2) is 7.11. The third-order valence-corrected chi connectivity index (χ3v) is 3.46. The molecule has 0 heterocycles. The molecule has 1 rings (SSSR count). The third kappa shape index (κ3) is 4.54. The van der Waals surface area contributed by atoms with E-state index in [-0.39, 0.29) is 24.2 Å². The van der Waals surface area contributed by atoms with Gasteiger partial charge in [0.1, 0.15) is 0 Å². The van der Waals surface area contributed by atoms with Gasteiger partial charge in [-0.25, -0.2) is 0 Å². The number of aliphatic carboxylic acids is 1. The standard InChI is InChI=1S/C13H21NO5/c1-3-19-11(15)6-7-14(2)12(16)9-4-5-10(8-9)13(17)18/h9-10H,3-8H2,1-2H3,(H,17,18). The number of hydrogen-bond donors (Lipinski definition) is 1. The minimum absolute atomic E-state index is 0.0759. The smallest absolute Gasteiger partial charge is 0.307 e. The van der Waals surface area contributed by atoms with Gasteiger partial charge in [0.05, 0.1) is 18.9 Å². The number of esters is 1. The Balaban J connectivity index is 2.37. The van der Waals surface area contributed by atoms with Crippen molar-refractivity contribution < 1.29 is 24.2 Å². The lowest BCUT2D eigenvalue weighted by atomic mass is 10.0. The Labute approximate surface area is 112 Å². The maximum absolute atomic E-state index is 12.1. The van der Waals surface area contributed by atoms with Gasteiger partial charge >= 0.3 is 11.9 Å². The van der Waals surface area contributed by atoms with Crippen molar-refractivity contribution >= 4 is 17.8 Å². The Morgan fingerprint density at radius 3 is 2.42 bits per heavy atom. The lowest BCUT2D eigenvalue weighted by molar-refractivity contribution is -0.144. The van der Waals surface area contributed by atoms with Crippen LogP contribution >= 0.6 is 0 Å². The van der Waals surface area contributed by atoms with Gasteiger partial charge in [0.25, 0.3) is 0 Å². The number of rotatable bonds is 6. The third-order valence-electron chi connectivity index (χ3n) is 3.46. The first-order valence-corrected chi connectivity index (χ1v) is 6.59. The van der Waals surface area contributed by atoms with Crippen LogP contribution in [0.15, 0.2) is 0 Å². The molecule has 0 radical (unpaired) electrons. The van der Waals surface area contributed by atoms with E-state index in [0.29, 0.717) is 32.4 Å². The summed E-state index contributed by atoms with van der Waals surface area (Å²) in [5, 5.41) is 8.90. The lowest BCUT2D eigenvalue weighted by Crippen LogP contribution is -2.34. The zero-order chi connectivity index (χ0) is 14.4. The fourth-order valence-corrected chi connectivity index (χ4v) is 2.34. The monoisotopic (exact) mass is 271 g/mol. The van der Waals surface area contributed by atoms with E-state index < -0.39 is 11.9 Å². The second-order valence-corrected chi connectivity index (χ2v) is 4.86. The van der Waals surface area contributed by atoms with Crippen LogP contribution in [-0.2, 0) is 19.1 Å². The SMILES string of the molecule is CCOC(=O)CCN(C)C(=O)C1CCC(C(=O)O)C1. The van der Waals surface area contributed by atoms with E-state index in [9.17, 15) is 14.4 Å². The first kappa shape index (κ1) is 15.5. The Morgan fingerprint density at radius 1 is 1.26 bits per heavy atom. The molecule has 6 heteroatoms. The van der Waals surface area contributed by atoms with Crippen LogP contribution in [0.5, 0.6) is 0 Å². The Morgan fingerprint density at radius 2 is 1.89 bits per heavy atom. The molecule has 0 aliphatic heterocycles. The molecular weight excluding hydrogens is 250 g/mol. The zero-order valence-electron chi connectivity index (χ0n) is 11.4. The summed E-state index contributed by atoms with van der Waals surface area (Å²) < 4.78 is 4.79. The molecule has 6 nitrogen and oxygen atoms in total. The summed E-state index contributed by atoms with van der Waals surface area (Å²) in [6, 6.07) is 0. The number of carbonyl (C=O) groups is 3. The minimum atomic E-state index is -0.829. The van der Waals surface area contributed by atoms with Gasteiger partial charge in [-0.3, -0.25) is 14.4 Å². The van der Waals surface area contributed by atoms with Crippen LogP contribution in [0, 0.1) is 11.8 Å². The molecular formula is C13H21NO5. The number of carbonyl (C=O) groups excluding carboxylic acids is 2. The van der Waals surface area contributed by atoms with E-state index in [1.54, 1.807) is 14.0 Å². The highest BCUT2D eigenvalue weighted by molar-refractivity contribution is 5.81. The van der Waals surface area contributed by atoms with Gasteiger partial charge in [0.2, 0.25) is 5.91 Å². The van der Waals surface area contributed by atoms with Gasteiger partial charge in [-0.05, 0) is 26.2 Å². The first-order chi connectivity index (χ1) is 8.95. The molecule has 0 spiro atoms. The van der Waals surface area contributed by atoms with Gasteiger partial charge < -0.3 is 14.7 Å². The Bertz CT molecular complexity index is 355. The van der Waals surface area contributed by atoms with Crippen LogP contribution in [0.3, 0.4) is 0 Å². The molecule has 0 aromatic rings. The zero-order valence-corrected chi connectivity index (χ0v) is 11.4. The molecule has 0 bridgehead atoms. The largest absolute Gasteiger partial charge is 0.481 e. The molecule has 1 amide bonds. The predicted octanol–water partition coefficient (Wildman–Crippen LogP) is 0.899. The second-order valence-electron chi connectivity index (χ2n) is 4.86. The van der Waals surface area contributed by atoms with E-state index >= 15 is 0 Å².